The molecule has 47 heavy (non-hydrogen) atoms. The van der Waals surface area contributed by atoms with Crippen molar-refractivity contribution in [3.63, 3.8) is 0 Å². The van der Waals surface area contributed by atoms with Gasteiger partial charge >= 0.3 is 17.6 Å². The van der Waals surface area contributed by atoms with Crippen LogP contribution in [0.1, 0.15) is 158 Å². The molecule has 0 amide bonds. The smallest absolute Gasteiger partial charge is 0.400 e. The van der Waals surface area contributed by atoms with E-state index in [9.17, 15) is 0 Å². The van der Waals surface area contributed by atoms with E-state index in [0.29, 0.717) is 32.9 Å². The Bertz CT molecular complexity index is 277. The van der Waals surface area contributed by atoms with Gasteiger partial charge in [0.1, 0.15) is 0 Å². The molecule has 12 heteroatoms. The van der Waals surface area contributed by atoms with Gasteiger partial charge in [-0.1, -0.05) is 125 Å². The lowest BCUT2D eigenvalue weighted by Crippen LogP contribution is -2.46. The fourth-order valence-corrected chi connectivity index (χ4v) is 6.58. The van der Waals surface area contributed by atoms with Crippen LogP contribution in [0.15, 0.2) is 0 Å². The molecule has 0 heterocycles. The molecule has 0 fully saturated rings. The molecule has 0 aromatic rings. The molecule has 0 atom stereocenters. The minimum atomic E-state index is -2.40. The van der Waals surface area contributed by atoms with E-state index in [1.807, 2.05) is 145 Å². The zero-order valence-electron chi connectivity index (χ0n) is 37.9. The summed E-state index contributed by atoms with van der Waals surface area (Å²) in [5.74, 6) is 0. The van der Waals surface area contributed by atoms with E-state index in [1.165, 1.54) is 0 Å². The van der Waals surface area contributed by atoms with Crippen molar-refractivity contribution < 1.29 is 36.8 Å². The summed E-state index contributed by atoms with van der Waals surface area (Å²) in [5, 5.41) is 14.0. The summed E-state index contributed by atoms with van der Waals surface area (Å²) in [6, 6.07) is 1.60. The van der Waals surface area contributed by atoms with Crippen LogP contribution in [0.5, 0.6) is 0 Å². The summed E-state index contributed by atoms with van der Waals surface area (Å²) in [4.78, 5) is 0. The summed E-state index contributed by atoms with van der Waals surface area (Å²) in [7, 11) is 2.11. The SMILES string of the molecule is CC.CC.CC.CC.CC.CC.CC.CC.CC.CCO[Si](CCCN)(OCC)OCC.CO.CO.CO[Si](CCCN)(OC)OC. The van der Waals surface area contributed by atoms with Gasteiger partial charge in [0.05, 0.1) is 0 Å². The van der Waals surface area contributed by atoms with E-state index in [0.717, 1.165) is 39.1 Å². The summed E-state index contributed by atoms with van der Waals surface area (Å²) in [6.45, 7) is 45.1. The lowest BCUT2D eigenvalue weighted by Gasteiger charge is -2.28. The highest BCUT2D eigenvalue weighted by molar-refractivity contribution is 6.61. The molecule has 308 valence electrons. The Hall–Kier alpha value is 0.0338. The van der Waals surface area contributed by atoms with Crippen LogP contribution >= 0.6 is 0 Å². The molecular formula is C35H102N2O8Si2. The van der Waals surface area contributed by atoms with Crippen LogP contribution in [0, 0.1) is 0 Å². The molecule has 0 aliphatic carbocycles. The second-order valence-electron chi connectivity index (χ2n) is 5.06. The van der Waals surface area contributed by atoms with Gasteiger partial charge in [-0.15, -0.1) is 0 Å². The fourth-order valence-electron chi connectivity index (χ4n) is 2.19. The first-order valence-corrected chi connectivity index (χ1v) is 22.7. The van der Waals surface area contributed by atoms with E-state index in [-0.39, 0.29) is 0 Å². The maximum Gasteiger partial charge on any atom is 0.500 e. The number of nitrogens with two attached hydrogens (primary N) is 2. The summed E-state index contributed by atoms with van der Waals surface area (Å²) in [6.07, 6.45) is 1.77. The fraction of sp³-hybridized carbons (Fsp3) is 1.00. The molecular weight excluding hydrogens is 633 g/mol. The topological polar surface area (TPSA) is 148 Å². The van der Waals surface area contributed by atoms with Crippen molar-refractivity contribution in [3.05, 3.63) is 0 Å². The predicted octanol–water partition coefficient (Wildman–Crippen LogP) is 10.0. The van der Waals surface area contributed by atoms with Crippen LogP contribution in [0.4, 0.5) is 0 Å². The third-order valence-corrected chi connectivity index (χ3v) is 9.38. The molecule has 10 nitrogen and oxygen atoms in total. The summed E-state index contributed by atoms with van der Waals surface area (Å²) < 4.78 is 32.5. The van der Waals surface area contributed by atoms with Gasteiger partial charge in [-0.05, 0) is 46.7 Å². The maximum absolute atomic E-state index is 7.00. The normalized spacial score (nSPS) is 7.79. The van der Waals surface area contributed by atoms with Gasteiger partial charge in [0, 0.05) is 67.5 Å². The van der Waals surface area contributed by atoms with Gasteiger partial charge in [0.15, 0.2) is 0 Å². The monoisotopic (exact) mass is 735 g/mol. The number of aliphatic hydroxyl groups excluding tert-OH is 2. The Morgan fingerprint density at radius 3 is 0.681 bits per heavy atom. The average molecular weight is 735 g/mol. The van der Waals surface area contributed by atoms with Gasteiger partial charge in [-0.2, -0.15) is 0 Å². The van der Waals surface area contributed by atoms with Crippen molar-refractivity contribution in [2.24, 2.45) is 11.5 Å². The van der Waals surface area contributed by atoms with E-state index in [1.54, 1.807) is 21.3 Å². The molecule has 6 N–H and O–H groups in total. The highest BCUT2D eigenvalue weighted by atomic mass is 28.4. The van der Waals surface area contributed by atoms with Crippen molar-refractivity contribution >= 4 is 17.6 Å². The maximum atomic E-state index is 7.00. The van der Waals surface area contributed by atoms with E-state index in [2.05, 4.69) is 0 Å². The first kappa shape index (κ1) is 86.0. The van der Waals surface area contributed by atoms with Crippen molar-refractivity contribution in [3.8, 4) is 0 Å². The Morgan fingerprint density at radius 2 is 0.553 bits per heavy atom. The molecule has 0 rings (SSSR count). The second kappa shape index (κ2) is 128. The van der Waals surface area contributed by atoms with Crippen LogP contribution in [0.25, 0.3) is 0 Å². The minimum Gasteiger partial charge on any atom is -0.400 e. The molecule has 0 spiro atoms. The van der Waals surface area contributed by atoms with Gasteiger partial charge in [0.2, 0.25) is 0 Å². The van der Waals surface area contributed by atoms with Crippen molar-refractivity contribution in [1.82, 2.24) is 0 Å². The highest BCUT2D eigenvalue weighted by Gasteiger charge is 2.39. The molecule has 0 saturated heterocycles. The van der Waals surface area contributed by atoms with Crippen molar-refractivity contribution in [2.45, 2.75) is 170 Å². The van der Waals surface area contributed by atoms with Gasteiger partial charge in [-0.3, -0.25) is 0 Å². The molecule has 0 bridgehead atoms. The number of hydrogen-bond acceptors (Lipinski definition) is 10. The standard InChI is InChI=1S/C9H23NO3Si.C6H17NO3Si.9C2H6.2CH4O/c1-4-11-14(12-5-2,13-6-3)9-7-8-10;1-8-11(9-2,10-3)6-4-5-7;11*1-2/h4-10H2,1-3H3;4-7H2,1-3H3;9*1-2H3;2*2H,1H3. The largest absolute Gasteiger partial charge is 0.500 e. The molecule has 0 unspecified atom stereocenters. The van der Waals surface area contributed by atoms with Crippen LogP contribution in [0.3, 0.4) is 0 Å². The van der Waals surface area contributed by atoms with E-state index in [4.69, 9.17) is 48.2 Å². The molecule has 0 aromatic heterocycles. The predicted molar refractivity (Wildman–Crippen MR) is 223 cm³/mol. The summed E-state index contributed by atoms with van der Waals surface area (Å²) >= 11 is 0. The zero-order valence-corrected chi connectivity index (χ0v) is 39.9. The Balaban J connectivity index is -0.0000000283. The molecule has 0 aromatic carbocycles. The number of rotatable bonds is 15. The van der Waals surface area contributed by atoms with Gasteiger partial charge in [0.25, 0.3) is 0 Å². The van der Waals surface area contributed by atoms with Crippen LogP contribution in [0.2, 0.25) is 12.1 Å². The van der Waals surface area contributed by atoms with Crippen LogP contribution < -0.4 is 11.5 Å². The summed E-state index contributed by atoms with van der Waals surface area (Å²) in [5.41, 5.74) is 10.8. The van der Waals surface area contributed by atoms with E-state index >= 15 is 0 Å². The first-order chi connectivity index (χ1) is 23.0. The Kier molecular flexibility index (Phi) is 234. The molecule has 0 aliphatic rings. The third kappa shape index (κ3) is 92.7. The Morgan fingerprint density at radius 1 is 0.383 bits per heavy atom. The highest BCUT2D eigenvalue weighted by Crippen LogP contribution is 2.17. The van der Waals surface area contributed by atoms with Crippen molar-refractivity contribution in [2.75, 3.05) is 68.5 Å². The molecule has 0 aliphatic heterocycles. The third-order valence-electron chi connectivity index (χ3n) is 3.40. The van der Waals surface area contributed by atoms with Crippen LogP contribution in [-0.2, 0) is 26.6 Å². The second-order valence-corrected chi connectivity index (χ2v) is 10.9. The number of aliphatic hydroxyl groups is 2. The number of hydrogen-bond donors (Lipinski definition) is 4. The van der Waals surface area contributed by atoms with Crippen molar-refractivity contribution in [1.29, 1.82) is 0 Å². The zero-order chi connectivity index (χ0) is 41.6. The van der Waals surface area contributed by atoms with Crippen LogP contribution in [-0.4, -0.2) is 96.3 Å². The molecule has 0 radical (unpaired) electrons. The van der Waals surface area contributed by atoms with E-state index < -0.39 is 17.6 Å². The first-order valence-electron chi connectivity index (χ1n) is 18.9. The quantitative estimate of drug-likeness (QED) is 0.120. The lowest BCUT2D eigenvalue weighted by molar-refractivity contribution is 0.0709. The van der Waals surface area contributed by atoms with Gasteiger partial charge < -0.3 is 48.2 Å². The van der Waals surface area contributed by atoms with Gasteiger partial charge in [-0.25, -0.2) is 0 Å². The minimum absolute atomic E-state index is 0.636. The average Bonchev–Trinajstić information content (AvgIpc) is 3.21. The lowest BCUT2D eigenvalue weighted by atomic mass is 10.5. The Labute approximate surface area is 304 Å². The molecule has 0 saturated carbocycles.